The van der Waals surface area contributed by atoms with E-state index in [1.807, 2.05) is 61.5 Å². The number of rotatable bonds is 12. The molecular weight excluding hydrogens is 580 g/mol. The topological polar surface area (TPSA) is 111 Å². The van der Waals surface area contributed by atoms with Gasteiger partial charge in [0.1, 0.15) is 19.0 Å². The minimum Gasteiger partial charge on any atom is -0.485 e. The summed E-state index contributed by atoms with van der Waals surface area (Å²) in [6.45, 7) is 7.16. The molecule has 1 saturated heterocycles. The summed E-state index contributed by atoms with van der Waals surface area (Å²) < 4.78 is 11.0. The van der Waals surface area contributed by atoms with E-state index in [1.54, 1.807) is 13.8 Å². The van der Waals surface area contributed by atoms with Crippen LogP contribution in [-0.2, 0) is 22.6 Å². The van der Waals surface area contributed by atoms with Crippen molar-refractivity contribution in [1.82, 2.24) is 15.3 Å². The standard InChI is InChI=1S/C37H40N4O5/c1-4-45-34(43)23-38-37(44)35-36(46-24-28-8-6-5-7-9-28)25(2)39-33(40-35)22-27-18-20-41(21-19-27)32-16-14-31(15-17-32)30-12-10-29(11-13-30)26(3)42/h5-17,27H,4,18-24H2,1-3H3,(H,38,44). The monoisotopic (exact) mass is 620 g/mol. The van der Waals surface area contributed by atoms with E-state index in [4.69, 9.17) is 14.5 Å². The molecule has 0 atom stereocenters. The molecule has 1 aromatic heterocycles. The molecule has 1 aliphatic heterocycles. The smallest absolute Gasteiger partial charge is 0.325 e. The number of hydrogen-bond acceptors (Lipinski definition) is 8. The molecule has 2 heterocycles. The molecule has 0 aliphatic carbocycles. The first kappa shape index (κ1) is 32.3. The number of nitrogens with one attached hydrogen (secondary N) is 1. The summed E-state index contributed by atoms with van der Waals surface area (Å²) in [6, 6.07) is 25.9. The number of aryl methyl sites for hydroxylation is 1. The summed E-state index contributed by atoms with van der Waals surface area (Å²) in [7, 11) is 0. The Hall–Kier alpha value is -5.05. The number of esters is 1. The van der Waals surface area contributed by atoms with Gasteiger partial charge in [0, 0.05) is 30.8 Å². The number of carbonyl (C=O) groups excluding carboxylic acids is 3. The van der Waals surface area contributed by atoms with Crippen LogP contribution in [0.3, 0.4) is 0 Å². The van der Waals surface area contributed by atoms with Crippen LogP contribution >= 0.6 is 0 Å². The third-order valence-corrected chi connectivity index (χ3v) is 8.16. The van der Waals surface area contributed by atoms with Gasteiger partial charge < -0.3 is 19.7 Å². The highest BCUT2D eigenvalue weighted by Gasteiger charge is 2.25. The van der Waals surface area contributed by atoms with Crippen LogP contribution in [0.4, 0.5) is 5.69 Å². The third kappa shape index (κ3) is 8.35. The van der Waals surface area contributed by atoms with Crippen molar-refractivity contribution in [2.45, 2.75) is 46.6 Å². The second-order valence-electron chi connectivity index (χ2n) is 11.5. The lowest BCUT2D eigenvalue weighted by atomic mass is 9.92. The molecule has 1 aliphatic rings. The van der Waals surface area contributed by atoms with Gasteiger partial charge in [-0.3, -0.25) is 14.4 Å². The van der Waals surface area contributed by atoms with Gasteiger partial charge in [-0.1, -0.05) is 66.7 Å². The number of piperidine rings is 1. The van der Waals surface area contributed by atoms with Crippen LogP contribution < -0.4 is 15.0 Å². The number of ketones is 1. The van der Waals surface area contributed by atoms with Crippen LogP contribution in [0.2, 0.25) is 0 Å². The normalized spacial score (nSPS) is 13.2. The minimum atomic E-state index is -0.515. The third-order valence-electron chi connectivity index (χ3n) is 8.16. The lowest BCUT2D eigenvalue weighted by molar-refractivity contribution is -0.141. The zero-order chi connectivity index (χ0) is 32.5. The van der Waals surface area contributed by atoms with E-state index in [2.05, 4.69) is 39.5 Å². The average Bonchev–Trinajstić information content (AvgIpc) is 3.07. The number of aromatic nitrogens is 2. The van der Waals surface area contributed by atoms with Crippen LogP contribution in [0, 0.1) is 12.8 Å². The molecule has 4 aromatic rings. The van der Waals surface area contributed by atoms with E-state index in [0.29, 0.717) is 35.2 Å². The Labute approximate surface area is 270 Å². The molecule has 238 valence electrons. The van der Waals surface area contributed by atoms with Gasteiger partial charge in [0.2, 0.25) is 0 Å². The number of Topliss-reactive ketones (excluding diaryl/α,β-unsaturated/α-hetero) is 1. The van der Waals surface area contributed by atoms with Gasteiger partial charge in [-0.15, -0.1) is 0 Å². The molecule has 0 bridgehead atoms. The first-order valence-electron chi connectivity index (χ1n) is 15.7. The largest absolute Gasteiger partial charge is 0.485 e. The molecule has 5 rings (SSSR count). The van der Waals surface area contributed by atoms with Crippen molar-refractivity contribution in [2.24, 2.45) is 5.92 Å². The number of carbonyl (C=O) groups is 3. The Bertz CT molecular complexity index is 1650. The number of nitrogens with zero attached hydrogens (tertiary/aromatic N) is 3. The van der Waals surface area contributed by atoms with Crippen molar-refractivity contribution in [3.8, 4) is 16.9 Å². The Morgan fingerprint density at radius 3 is 2.17 bits per heavy atom. The molecule has 0 saturated carbocycles. The Morgan fingerprint density at radius 2 is 1.54 bits per heavy atom. The van der Waals surface area contributed by atoms with Gasteiger partial charge in [-0.2, -0.15) is 0 Å². The van der Waals surface area contributed by atoms with Crippen LogP contribution in [0.1, 0.15) is 64.6 Å². The Morgan fingerprint density at radius 1 is 0.891 bits per heavy atom. The summed E-state index contributed by atoms with van der Waals surface area (Å²) in [5.41, 5.74) is 5.73. The predicted octanol–water partition coefficient (Wildman–Crippen LogP) is 5.99. The highest BCUT2D eigenvalue weighted by atomic mass is 16.5. The van der Waals surface area contributed by atoms with Gasteiger partial charge in [0.25, 0.3) is 5.91 Å². The zero-order valence-electron chi connectivity index (χ0n) is 26.6. The maximum Gasteiger partial charge on any atom is 0.325 e. The van der Waals surface area contributed by atoms with Crippen molar-refractivity contribution in [3.63, 3.8) is 0 Å². The van der Waals surface area contributed by atoms with Crippen LogP contribution in [0.25, 0.3) is 11.1 Å². The van der Waals surface area contributed by atoms with Gasteiger partial charge in [0.05, 0.1) is 12.3 Å². The number of hydrogen-bond donors (Lipinski definition) is 1. The molecule has 0 unspecified atom stereocenters. The van der Waals surface area contributed by atoms with Crippen molar-refractivity contribution in [3.05, 3.63) is 107 Å². The van der Waals surface area contributed by atoms with Crippen LogP contribution in [0.15, 0.2) is 78.9 Å². The zero-order valence-corrected chi connectivity index (χ0v) is 26.6. The maximum absolute atomic E-state index is 13.2. The van der Waals surface area contributed by atoms with Gasteiger partial charge >= 0.3 is 5.97 Å². The molecule has 1 amide bonds. The average molecular weight is 621 g/mol. The van der Waals surface area contributed by atoms with Crippen molar-refractivity contribution < 1.29 is 23.9 Å². The molecule has 0 radical (unpaired) electrons. The van der Waals surface area contributed by atoms with E-state index in [0.717, 1.165) is 42.6 Å². The predicted molar refractivity (Wildman–Crippen MR) is 177 cm³/mol. The summed E-state index contributed by atoms with van der Waals surface area (Å²) in [6.07, 6.45) is 2.57. The van der Waals surface area contributed by atoms with Crippen molar-refractivity contribution >= 4 is 23.3 Å². The first-order valence-corrected chi connectivity index (χ1v) is 15.7. The highest BCUT2D eigenvalue weighted by Crippen LogP contribution is 2.29. The summed E-state index contributed by atoms with van der Waals surface area (Å²) in [5.74, 6) is 0.302. The maximum atomic E-state index is 13.2. The Balaban J connectivity index is 1.23. The van der Waals surface area contributed by atoms with Crippen LogP contribution in [0.5, 0.6) is 5.75 Å². The van der Waals surface area contributed by atoms with Crippen molar-refractivity contribution in [1.29, 1.82) is 0 Å². The second kappa shape index (κ2) is 15.3. The highest BCUT2D eigenvalue weighted by molar-refractivity contribution is 5.97. The molecule has 1 N–H and O–H groups in total. The van der Waals surface area contributed by atoms with Crippen LogP contribution in [-0.4, -0.2) is 53.9 Å². The van der Waals surface area contributed by atoms with Crippen molar-refractivity contribution in [2.75, 3.05) is 31.1 Å². The lowest BCUT2D eigenvalue weighted by Crippen LogP contribution is -2.35. The molecule has 9 heteroatoms. The number of ether oxygens (including phenoxy) is 2. The summed E-state index contributed by atoms with van der Waals surface area (Å²) >= 11 is 0. The summed E-state index contributed by atoms with van der Waals surface area (Å²) in [5, 5.41) is 2.62. The number of anilines is 1. The quantitative estimate of drug-likeness (QED) is 0.152. The van der Waals surface area contributed by atoms with Gasteiger partial charge in [-0.05, 0) is 68.4 Å². The fraction of sp³-hybridized carbons (Fsp3) is 0.324. The van der Waals surface area contributed by atoms with E-state index in [-0.39, 0.29) is 31.2 Å². The van der Waals surface area contributed by atoms with E-state index in [9.17, 15) is 14.4 Å². The van der Waals surface area contributed by atoms with E-state index < -0.39 is 11.9 Å². The molecule has 1 fully saturated rings. The number of benzene rings is 3. The Kier molecular flexibility index (Phi) is 10.8. The van der Waals surface area contributed by atoms with Gasteiger partial charge in [0.15, 0.2) is 17.2 Å². The van der Waals surface area contributed by atoms with E-state index >= 15 is 0 Å². The second-order valence-corrected chi connectivity index (χ2v) is 11.5. The van der Waals surface area contributed by atoms with Gasteiger partial charge in [-0.25, -0.2) is 9.97 Å². The fourth-order valence-electron chi connectivity index (χ4n) is 5.63. The first-order chi connectivity index (χ1) is 22.3. The SMILES string of the molecule is CCOC(=O)CNC(=O)c1nc(CC2CCN(c3ccc(-c4ccc(C(C)=O)cc4)cc3)CC2)nc(C)c1OCc1ccccc1. The minimum absolute atomic E-state index is 0.0637. The van der Waals surface area contributed by atoms with E-state index in [1.165, 1.54) is 5.69 Å². The molecule has 3 aromatic carbocycles. The molecular formula is C37H40N4O5. The molecule has 46 heavy (non-hydrogen) atoms. The number of amides is 1. The molecule has 9 nitrogen and oxygen atoms in total. The lowest BCUT2D eigenvalue weighted by Gasteiger charge is -2.33. The fourth-order valence-corrected chi connectivity index (χ4v) is 5.63. The molecule has 0 spiro atoms. The summed E-state index contributed by atoms with van der Waals surface area (Å²) in [4.78, 5) is 48.5.